The molecule has 0 unspecified atom stereocenters. The Labute approximate surface area is 145 Å². The van der Waals surface area contributed by atoms with E-state index in [1.807, 2.05) is 12.1 Å². The van der Waals surface area contributed by atoms with E-state index in [2.05, 4.69) is 14.8 Å². The highest BCUT2D eigenvalue weighted by Crippen LogP contribution is 2.16. The van der Waals surface area contributed by atoms with Gasteiger partial charge in [0.15, 0.2) is 0 Å². The van der Waals surface area contributed by atoms with Crippen molar-refractivity contribution in [1.82, 2.24) is 14.8 Å². The predicted octanol–water partition coefficient (Wildman–Crippen LogP) is 2.92. The van der Waals surface area contributed by atoms with E-state index >= 15 is 0 Å². The molecule has 0 radical (unpaired) electrons. The molecule has 0 fully saturated rings. The maximum Gasteiger partial charge on any atom is 0.236 e. The molecule has 0 amide bonds. The van der Waals surface area contributed by atoms with Gasteiger partial charge < -0.3 is 0 Å². The minimum absolute atomic E-state index is 0.106. The third kappa shape index (κ3) is 4.56. The molecule has 0 aliphatic heterocycles. The first-order valence-electron chi connectivity index (χ1n) is 7.16. The maximum atomic E-state index is 12.2. The molecule has 3 aromatic rings. The van der Waals surface area contributed by atoms with Crippen molar-refractivity contribution < 1.29 is 8.42 Å². The smallest absolute Gasteiger partial charge is 0.236 e. The lowest BCUT2D eigenvalue weighted by atomic mass is 10.2. The van der Waals surface area contributed by atoms with Gasteiger partial charge in [0, 0.05) is 10.7 Å². The molecule has 0 saturated heterocycles. The van der Waals surface area contributed by atoms with Crippen LogP contribution in [0.4, 0.5) is 5.69 Å². The monoisotopic (exact) mass is 362 g/mol. The largest absolute Gasteiger partial charge is 0.283 e. The minimum atomic E-state index is -3.48. The average Bonchev–Trinajstić information content (AvgIpc) is 3.04. The zero-order valence-corrected chi connectivity index (χ0v) is 14.2. The highest BCUT2D eigenvalue weighted by atomic mass is 35.5. The summed E-state index contributed by atoms with van der Waals surface area (Å²) in [6.07, 6.45) is 3.10. The van der Waals surface area contributed by atoms with Crippen molar-refractivity contribution in [3.8, 4) is 0 Å². The number of halogens is 1. The fourth-order valence-corrected chi connectivity index (χ4v) is 3.52. The quantitative estimate of drug-likeness (QED) is 0.731. The number of anilines is 1. The van der Waals surface area contributed by atoms with Crippen LogP contribution in [0.2, 0.25) is 5.02 Å². The number of aromatic nitrogens is 3. The van der Waals surface area contributed by atoms with E-state index in [9.17, 15) is 8.42 Å². The van der Waals surface area contributed by atoms with E-state index in [1.165, 1.54) is 6.33 Å². The summed E-state index contributed by atoms with van der Waals surface area (Å²) < 4.78 is 28.7. The Bertz CT molecular complexity index is 892. The van der Waals surface area contributed by atoms with Gasteiger partial charge in [0.2, 0.25) is 10.0 Å². The summed E-state index contributed by atoms with van der Waals surface area (Å²) in [7, 11) is -3.48. The second kappa shape index (κ2) is 7.02. The number of hydrogen-bond acceptors (Lipinski definition) is 4. The summed E-state index contributed by atoms with van der Waals surface area (Å²) in [5, 5.41) is 4.61. The molecule has 0 atom stereocenters. The molecule has 0 bridgehead atoms. The number of rotatable bonds is 6. The van der Waals surface area contributed by atoms with Crippen molar-refractivity contribution >= 4 is 27.3 Å². The molecule has 8 heteroatoms. The first-order chi connectivity index (χ1) is 11.5. The number of hydrogen-bond donors (Lipinski definition) is 1. The molecule has 2 aromatic carbocycles. The van der Waals surface area contributed by atoms with Crippen molar-refractivity contribution in [1.29, 1.82) is 0 Å². The van der Waals surface area contributed by atoms with Crippen LogP contribution in [-0.2, 0) is 22.3 Å². The SMILES string of the molecule is O=S(=O)(Cc1ccc(Cl)cc1)Nc1ccc(Cn2cncn2)cc1. The van der Waals surface area contributed by atoms with E-state index in [4.69, 9.17) is 11.6 Å². The van der Waals surface area contributed by atoms with Crippen LogP contribution in [-0.4, -0.2) is 23.2 Å². The fourth-order valence-electron chi connectivity index (χ4n) is 2.20. The second-order valence-electron chi connectivity index (χ2n) is 5.28. The molecule has 0 aliphatic carbocycles. The van der Waals surface area contributed by atoms with Crippen LogP contribution in [0.1, 0.15) is 11.1 Å². The van der Waals surface area contributed by atoms with Gasteiger partial charge in [-0.05, 0) is 35.4 Å². The van der Waals surface area contributed by atoms with Crippen molar-refractivity contribution in [2.24, 2.45) is 0 Å². The molecule has 0 aliphatic rings. The van der Waals surface area contributed by atoms with Crippen molar-refractivity contribution in [3.63, 3.8) is 0 Å². The van der Waals surface area contributed by atoms with Gasteiger partial charge in [0.25, 0.3) is 0 Å². The Hall–Kier alpha value is -2.38. The highest BCUT2D eigenvalue weighted by molar-refractivity contribution is 7.91. The topological polar surface area (TPSA) is 76.9 Å². The van der Waals surface area contributed by atoms with Crippen LogP contribution in [0.25, 0.3) is 0 Å². The molecule has 1 heterocycles. The van der Waals surface area contributed by atoms with Crippen molar-refractivity contribution in [2.75, 3.05) is 4.72 Å². The second-order valence-corrected chi connectivity index (χ2v) is 7.44. The molecule has 3 rings (SSSR count). The van der Waals surface area contributed by atoms with E-state index < -0.39 is 10.0 Å². The molecule has 1 aromatic heterocycles. The van der Waals surface area contributed by atoms with E-state index in [0.717, 1.165) is 5.56 Å². The normalized spacial score (nSPS) is 11.4. The summed E-state index contributed by atoms with van der Waals surface area (Å²) in [6.45, 7) is 0.581. The third-order valence-corrected chi connectivity index (χ3v) is 4.82. The Kier molecular flexibility index (Phi) is 4.82. The van der Waals surface area contributed by atoms with Crippen molar-refractivity contribution in [2.45, 2.75) is 12.3 Å². The Morgan fingerprint density at radius 1 is 1.00 bits per heavy atom. The lowest BCUT2D eigenvalue weighted by Crippen LogP contribution is -2.15. The molecule has 0 spiro atoms. The van der Waals surface area contributed by atoms with Gasteiger partial charge >= 0.3 is 0 Å². The van der Waals surface area contributed by atoms with Crippen LogP contribution >= 0.6 is 11.6 Å². The first-order valence-corrected chi connectivity index (χ1v) is 9.19. The molecule has 6 nitrogen and oxygen atoms in total. The number of nitrogens with zero attached hydrogens (tertiary/aromatic N) is 3. The van der Waals surface area contributed by atoms with Crippen molar-refractivity contribution in [3.05, 3.63) is 77.3 Å². The van der Waals surface area contributed by atoms with Crippen LogP contribution in [0, 0.1) is 0 Å². The zero-order chi connectivity index (χ0) is 17.0. The van der Waals surface area contributed by atoms with Gasteiger partial charge in [-0.3, -0.25) is 4.72 Å². The van der Waals surface area contributed by atoms with Gasteiger partial charge in [-0.2, -0.15) is 5.10 Å². The highest BCUT2D eigenvalue weighted by Gasteiger charge is 2.11. The Balaban J connectivity index is 1.65. The molecule has 0 saturated carbocycles. The van der Waals surface area contributed by atoms with Crippen LogP contribution in [0.15, 0.2) is 61.2 Å². The van der Waals surface area contributed by atoms with E-state index in [-0.39, 0.29) is 5.75 Å². The summed E-state index contributed by atoms with van der Waals surface area (Å²) in [5.74, 6) is -0.106. The zero-order valence-electron chi connectivity index (χ0n) is 12.6. The number of nitrogens with one attached hydrogen (secondary N) is 1. The molecule has 124 valence electrons. The van der Waals surface area contributed by atoms with Gasteiger partial charge in [0.05, 0.1) is 12.3 Å². The first kappa shape index (κ1) is 16.5. The fraction of sp³-hybridized carbons (Fsp3) is 0.125. The molecule has 24 heavy (non-hydrogen) atoms. The summed E-state index contributed by atoms with van der Waals surface area (Å²) in [5.41, 5.74) is 2.20. The maximum absolute atomic E-state index is 12.2. The third-order valence-electron chi connectivity index (χ3n) is 3.31. The number of benzene rings is 2. The molecule has 1 N–H and O–H groups in total. The lowest BCUT2D eigenvalue weighted by Gasteiger charge is -2.09. The lowest BCUT2D eigenvalue weighted by molar-refractivity contribution is 0.600. The Morgan fingerprint density at radius 2 is 1.67 bits per heavy atom. The standard InChI is InChI=1S/C16H15ClN4O2S/c17-15-5-1-14(2-6-15)10-24(22,23)20-16-7-3-13(4-8-16)9-21-12-18-11-19-21/h1-8,11-12,20H,9-10H2. The average molecular weight is 363 g/mol. The van der Waals surface area contributed by atoms with Gasteiger partial charge in [0.1, 0.15) is 12.7 Å². The minimum Gasteiger partial charge on any atom is -0.283 e. The van der Waals surface area contributed by atoms with Gasteiger partial charge in [-0.25, -0.2) is 18.1 Å². The van der Waals surface area contributed by atoms with Crippen LogP contribution in [0.5, 0.6) is 0 Å². The van der Waals surface area contributed by atoms with Crippen LogP contribution < -0.4 is 4.72 Å². The summed E-state index contributed by atoms with van der Waals surface area (Å²) in [6, 6.07) is 13.9. The number of sulfonamides is 1. The van der Waals surface area contributed by atoms with Gasteiger partial charge in [-0.15, -0.1) is 0 Å². The summed E-state index contributed by atoms with van der Waals surface area (Å²) >= 11 is 5.80. The van der Waals surface area contributed by atoms with E-state index in [1.54, 1.807) is 47.4 Å². The molecular weight excluding hydrogens is 348 g/mol. The van der Waals surface area contributed by atoms with E-state index in [0.29, 0.717) is 22.8 Å². The Morgan fingerprint density at radius 3 is 2.29 bits per heavy atom. The molecular formula is C16H15ClN4O2S. The predicted molar refractivity (Wildman–Crippen MR) is 93.3 cm³/mol. The van der Waals surface area contributed by atoms with Crippen LogP contribution in [0.3, 0.4) is 0 Å². The van der Waals surface area contributed by atoms with Gasteiger partial charge in [-0.1, -0.05) is 35.9 Å². The summed E-state index contributed by atoms with van der Waals surface area (Å²) in [4.78, 5) is 3.88.